The molecule has 2 aliphatic rings. The lowest BCUT2D eigenvalue weighted by atomic mass is 9.81. The van der Waals surface area contributed by atoms with Crippen molar-refractivity contribution in [2.75, 3.05) is 4.90 Å². The van der Waals surface area contributed by atoms with Crippen molar-refractivity contribution in [2.24, 2.45) is 0 Å². The molecular formula is C48H39N. The van der Waals surface area contributed by atoms with Crippen molar-refractivity contribution in [1.29, 1.82) is 0 Å². The van der Waals surface area contributed by atoms with Gasteiger partial charge < -0.3 is 4.90 Å². The fraction of sp³-hybridized carbons (Fsp3) is 0.125. The van der Waals surface area contributed by atoms with Crippen LogP contribution in [0.25, 0.3) is 44.5 Å². The summed E-state index contributed by atoms with van der Waals surface area (Å²) in [6.45, 7) is 9.38. The Morgan fingerprint density at radius 1 is 0.306 bits per heavy atom. The summed E-state index contributed by atoms with van der Waals surface area (Å²) in [7, 11) is 0. The molecule has 0 fully saturated rings. The van der Waals surface area contributed by atoms with Crippen LogP contribution in [0.15, 0.2) is 164 Å². The Morgan fingerprint density at radius 2 is 0.735 bits per heavy atom. The van der Waals surface area contributed by atoms with Gasteiger partial charge >= 0.3 is 0 Å². The van der Waals surface area contributed by atoms with Gasteiger partial charge in [0.1, 0.15) is 0 Å². The first-order valence-corrected chi connectivity index (χ1v) is 17.4. The summed E-state index contributed by atoms with van der Waals surface area (Å²) >= 11 is 0. The Kier molecular flexibility index (Phi) is 6.58. The maximum atomic E-state index is 2.41. The zero-order chi connectivity index (χ0) is 33.3. The van der Waals surface area contributed by atoms with Gasteiger partial charge in [-0.3, -0.25) is 0 Å². The van der Waals surface area contributed by atoms with E-state index in [0.29, 0.717) is 0 Å². The quantitative estimate of drug-likeness (QED) is 0.183. The highest BCUT2D eigenvalue weighted by Crippen LogP contribution is 2.51. The van der Waals surface area contributed by atoms with E-state index >= 15 is 0 Å². The fourth-order valence-corrected chi connectivity index (χ4v) is 8.41. The van der Waals surface area contributed by atoms with Crippen molar-refractivity contribution < 1.29 is 0 Å². The van der Waals surface area contributed by atoms with Crippen LogP contribution in [0, 0.1) is 0 Å². The van der Waals surface area contributed by atoms with Crippen LogP contribution in [0.2, 0.25) is 0 Å². The third-order valence-electron chi connectivity index (χ3n) is 11.1. The molecular weight excluding hydrogens is 591 g/mol. The topological polar surface area (TPSA) is 3.24 Å². The molecule has 1 heteroatoms. The van der Waals surface area contributed by atoms with E-state index in [1.165, 1.54) is 66.8 Å². The first-order chi connectivity index (χ1) is 23.8. The molecule has 49 heavy (non-hydrogen) atoms. The summed E-state index contributed by atoms with van der Waals surface area (Å²) in [5.74, 6) is 0. The van der Waals surface area contributed by atoms with Gasteiger partial charge in [-0.2, -0.15) is 0 Å². The lowest BCUT2D eigenvalue weighted by Crippen LogP contribution is -2.15. The second-order valence-electron chi connectivity index (χ2n) is 14.6. The lowest BCUT2D eigenvalue weighted by molar-refractivity contribution is 0.660. The van der Waals surface area contributed by atoms with Gasteiger partial charge in [-0.1, -0.05) is 149 Å². The number of hydrogen-bond donors (Lipinski definition) is 0. The minimum atomic E-state index is -0.0277. The van der Waals surface area contributed by atoms with E-state index in [0.717, 1.165) is 17.1 Å². The normalized spacial score (nSPS) is 14.4. The molecule has 0 aliphatic heterocycles. The Labute approximate surface area is 290 Å². The molecule has 0 bridgehead atoms. The van der Waals surface area contributed by atoms with Gasteiger partial charge in [0.25, 0.3) is 0 Å². The van der Waals surface area contributed by atoms with E-state index in [9.17, 15) is 0 Å². The predicted octanol–water partition coefficient (Wildman–Crippen LogP) is 13.1. The van der Waals surface area contributed by atoms with Crippen LogP contribution in [0.1, 0.15) is 49.9 Å². The van der Waals surface area contributed by atoms with Crippen molar-refractivity contribution in [3.63, 3.8) is 0 Å². The molecule has 236 valence electrons. The molecule has 2 aliphatic carbocycles. The third kappa shape index (κ3) is 4.60. The first-order valence-electron chi connectivity index (χ1n) is 17.4. The SMILES string of the molecule is CC1(C)c2ccccc2-c2cc(N(c3ccc(-c4ccccc4)cc3)c3ccc(-c4ccc5c(c4)C(C)(C)c4ccccc4-5)cc3)ccc21. The molecule has 0 aromatic heterocycles. The molecule has 7 aromatic carbocycles. The average molecular weight is 630 g/mol. The van der Waals surface area contributed by atoms with Crippen LogP contribution >= 0.6 is 0 Å². The third-order valence-corrected chi connectivity index (χ3v) is 11.1. The molecule has 9 rings (SSSR count). The zero-order valence-corrected chi connectivity index (χ0v) is 28.5. The highest BCUT2D eigenvalue weighted by Gasteiger charge is 2.36. The summed E-state index contributed by atoms with van der Waals surface area (Å²) in [4.78, 5) is 2.40. The molecule has 0 amide bonds. The monoisotopic (exact) mass is 629 g/mol. The van der Waals surface area contributed by atoms with Crippen molar-refractivity contribution in [2.45, 2.75) is 38.5 Å². The predicted molar refractivity (Wildman–Crippen MR) is 207 cm³/mol. The molecule has 1 nitrogen and oxygen atoms in total. The maximum Gasteiger partial charge on any atom is 0.0468 e. The largest absolute Gasteiger partial charge is 0.310 e. The van der Waals surface area contributed by atoms with Crippen molar-refractivity contribution in [1.82, 2.24) is 0 Å². The van der Waals surface area contributed by atoms with Gasteiger partial charge in [0.05, 0.1) is 0 Å². The maximum absolute atomic E-state index is 2.41. The Morgan fingerprint density at radius 3 is 1.37 bits per heavy atom. The van der Waals surface area contributed by atoms with Gasteiger partial charge in [-0.25, -0.2) is 0 Å². The van der Waals surface area contributed by atoms with Gasteiger partial charge in [0.15, 0.2) is 0 Å². The summed E-state index contributed by atoms with van der Waals surface area (Å²) < 4.78 is 0. The van der Waals surface area contributed by atoms with Crippen LogP contribution in [0.5, 0.6) is 0 Å². The highest BCUT2D eigenvalue weighted by molar-refractivity contribution is 5.88. The van der Waals surface area contributed by atoms with Crippen LogP contribution in [-0.4, -0.2) is 0 Å². The van der Waals surface area contributed by atoms with E-state index in [1.54, 1.807) is 0 Å². The Balaban J connectivity index is 1.13. The summed E-state index contributed by atoms with van der Waals surface area (Å²) in [6.07, 6.45) is 0. The number of fused-ring (bicyclic) bond motifs is 6. The lowest BCUT2D eigenvalue weighted by Gasteiger charge is -2.27. The van der Waals surface area contributed by atoms with Gasteiger partial charge in [0.2, 0.25) is 0 Å². The number of nitrogens with zero attached hydrogens (tertiary/aromatic N) is 1. The van der Waals surface area contributed by atoms with Crippen LogP contribution in [0.3, 0.4) is 0 Å². The van der Waals surface area contributed by atoms with Gasteiger partial charge in [0, 0.05) is 27.9 Å². The molecule has 0 saturated carbocycles. The molecule has 0 N–H and O–H groups in total. The number of anilines is 3. The van der Waals surface area contributed by atoms with E-state index in [1.807, 2.05) is 0 Å². The van der Waals surface area contributed by atoms with Crippen LogP contribution < -0.4 is 4.90 Å². The highest BCUT2D eigenvalue weighted by atomic mass is 15.1. The second-order valence-corrected chi connectivity index (χ2v) is 14.6. The number of rotatable bonds is 5. The fourth-order valence-electron chi connectivity index (χ4n) is 8.41. The molecule has 0 spiro atoms. The van der Waals surface area contributed by atoms with E-state index < -0.39 is 0 Å². The summed E-state index contributed by atoms with van der Waals surface area (Å²) in [6, 6.07) is 60.5. The van der Waals surface area contributed by atoms with Crippen molar-refractivity contribution >= 4 is 17.1 Å². The van der Waals surface area contributed by atoms with E-state index in [-0.39, 0.29) is 10.8 Å². The number of benzene rings is 7. The average Bonchev–Trinajstić information content (AvgIpc) is 3.52. The summed E-state index contributed by atoms with van der Waals surface area (Å²) in [5, 5.41) is 0. The Hall–Kier alpha value is -5.66. The molecule has 0 unspecified atom stereocenters. The second kappa shape index (κ2) is 10.9. The van der Waals surface area contributed by atoms with Crippen molar-refractivity contribution in [3.05, 3.63) is 186 Å². The minimum Gasteiger partial charge on any atom is -0.310 e. The van der Waals surface area contributed by atoms with Crippen LogP contribution in [-0.2, 0) is 10.8 Å². The van der Waals surface area contributed by atoms with Gasteiger partial charge in [-0.05, 0) is 109 Å². The zero-order valence-electron chi connectivity index (χ0n) is 28.5. The van der Waals surface area contributed by atoms with E-state index in [2.05, 4.69) is 196 Å². The van der Waals surface area contributed by atoms with Crippen LogP contribution in [0.4, 0.5) is 17.1 Å². The smallest absolute Gasteiger partial charge is 0.0468 e. The first kappa shape index (κ1) is 29.5. The summed E-state index contributed by atoms with van der Waals surface area (Å²) in [5.41, 5.74) is 19.2. The Bertz CT molecular complexity index is 2360. The minimum absolute atomic E-state index is 0.0225. The molecule has 0 radical (unpaired) electrons. The molecule has 0 atom stereocenters. The molecule has 0 heterocycles. The standard InChI is InChI=1S/C48H39N/c1-47(2)44-17-11-9-15-40(44)42-31-38(27-29-45(42)47)49(36-23-18-33(19-24-36)32-12-6-5-7-13-32)37-25-20-34(21-26-37)35-22-28-41-39-14-8-10-16-43(39)48(3,4)46(41)30-35/h5-31H,1-4H3. The number of hydrogen-bond acceptors (Lipinski definition) is 1. The molecule has 0 saturated heterocycles. The van der Waals surface area contributed by atoms with Crippen molar-refractivity contribution in [3.8, 4) is 44.5 Å². The van der Waals surface area contributed by atoms with Gasteiger partial charge in [-0.15, -0.1) is 0 Å². The molecule has 7 aromatic rings. The van der Waals surface area contributed by atoms with E-state index in [4.69, 9.17) is 0 Å².